The molecule has 3 aromatic rings. The van der Waals surface area contributed by atoms with Gasteiger partial charge in [-0.3, -0.25) is 4.79 Å². The van der Waals surface area contributed by atoms with E-state index in [1.165, 1.54) is 5.56 Å². The molecule has 0 spiro atoms. The predicted molar refractivity (Wildman–Crippen MR) is 99.6 cm³/mol. The fraction of sp³-hybridized carbons (Fsp3) is 0.300. The Hall–Kier alpha value is -2.46. The van der Waals surface area contributed by atoms with Gasteiger partial charge in [-0.1, -0.05) is 23.8 Å². The Morgan fingerprint density at radius 2 is 1.88 bits per heavy atom. The molecule has 1 amide bonds. The molecule has 2 N–H and O–H groups in total. The quantitative estimate of drug-likeness (QED) is 0.560. The van der Waals surface area contributed by atoms with Gasteiger partial charge in [-0.05, 0) is 57.6 Å². The van der Waals surface area contributed by atoms with Crippen LogP contribution in [0.4, 0.5) is 0 Å². The van der Waals surface area contributed by atoms with E-state index in [0.29, 0.717) is 12.1 Å². The Labute approximate surface area is 142 Å². The second kappa shape index (κ2) is 6.97. The maximum absolute atomic E-state index is 12.5. The van der Waals surface area contributed by atoms with Crippen LogP contribution in [0.15, 0.2) is 36.4 Å². The van der Waals surface area contributed by atoms with Crippen molar-refractivity contribution >= 4 is 27.7 Å². The fourth-order valence-electron chi connectivity index (χ4n) is 3.08. The van der Waals surface area contributed by atoms with Gasteiger partial charge in [0.25, 0.3) is 5.91 Å². The van der Waals surface area contributed by atoms with Gasteiger partial charge >= 0.3 is 0 Å². The highest BCUT2D eigenvalue weighted by Crippen LogP contribution is 2.25. The van der Waals surface area contributed by atoms with Crippen molar-refractivity contribution in [2.24, 2.45) is 0 Å². The second-order valence-electron chi connectivity index (χ2n) is 6.23. The maximum atomic E-state index is 12.5. The number of pyridine rings is 1. The molecule has 0 unspecified atom stereocenters. The van der Waals surface area contributed by atoms with Gasteiger partial charge in [-0.2, -0.15) is 0 Å². The van der Waals surface area contributed by atoms with Crippen molar-refractivity contribution in [2.45, 2.75) is 20.3 Å². The number of rotatable bonds is 5. The molecule has 124 valence electrons. The van der Waals surface area contributed by atoms with Crippen LogP contribution >= 0.6 is 0 Å². The van der Waals surface area contributed by atoms with Crippen molar-refractivity contribution in [3.63, 3.8) is 0 Å². The monoisotopic (exact) mass is 321 g/mol. The van der Waals surface area contributed by atoms with Crippen molar-refractivity contribution in [3.05, 3.63) is 53.1 Å². The number of benzene rings is 2. The van der Waals surface area contributed by atoms with E-state index in [2.05, 4.69) is 42.7 Å². The molecular formula is C20H23N3O. The number of aromatic nitrogens is 1. The molecule has 3 rings (SSSR count). The average molecular weight is 321 g/mol. The van der Waals surface area contributed by atoms with E-state index in [0.717, 1.165) is 40.3 Å². The molecular weight excluding hydrogens is 298 g/mol. The summed E-state index contributed by atoms with van der Waals surface area (Å²) in [5, 5.41) is 8.17. The first kappa shape index (κ1) is 16.4. The number of nitrogens with one attached hydrogen (secondary N) is 2. The number of carbonyl (C=O) groups is 1. The van der Waals surface area contributed by atoms with Gasteiger partial charge in [0, 0.05) is 17.3 Å². The highest BCUT2D eigenvalue weighted by molar-refractivity contribution is 6.08. The van der Waals surface area contributed by atoms with E-state index in [9.17, 15) is 4.79 Å². The Kier molecular flexibility index (Phi) is 4.76. The lowest BCUT2D eigenvalue weighted by Gasteiger charge is -2.10. The Balaban J connectivity index is 2.03. The Bertz CT molecular complexity index is 902. The molecule has 4 heteroatoms. The minimum Gasteiger partial charge on any atom is -0.352 e. The van der Waals surface area contributed by atoms with Crippen molar-refractivity contribution in [2.75, 3.05) is 20.1 Å². The van der Waals surface area contributed by atoms with Crippen LogP contribution in [0.3, 0.4) is 0 Å². The summed E-state index contributed by atoms with van der Waals surface area (Å²) in [6.07, 6.45) is 0.905. The van der Waals surface area contributed by atoms with E-state index >= 15 is 0 Å². The maximum Gasteiger partial charge on any atom is 0.253 e. The van der Waals surface area contributed by atoms with Gasteiger partial charge < -0.3 is 10.6 Å². The van der Waals surface area contributed by atoms with Gasteiger partial charge in [-0.25, -0.2) is 4.98 Å². The molecule has 0 saturated heterocycles. The summed E-state index contributed by atoms with van der Waals surface area (Å²) in [4.78, 5) is 17.3. The molecule has 0 bridgehead atoms. The molecule has 0 atom stereocenters. The number of nitrogens with zero attached hydrogens (tertiary/aromatic N) is 1. The smallest absolute Gasteiger partial charge is 0.253 e. The summed E-state index contributed by atoms with van der Waals surface area (Å²) in [6, 6.07) is 12.2. The number of carbonyl (C=O) groups excluding carboxylic acids is 1. The van der Waals surface area contributed by atoms with Gasteiger partial charge in [0.2, 0.25) is 0 Å². The SMILES string of the molecule is CNCCCNC(=O)c1cccc2cc3cc(C)cc(C)c3nc12. The summed E-state index contributed by atoms with van der Waals surface area (Å²) >= 11 is 0. The second-order valence-corrected chi connectivity index (χ2v) is 6.23. The largest absolute Gasteiger partial charge is 0.352 e. The molecule has 1 heterocycles. The summed E-state index contributed by atoms with van der Waals surface area (Å²) in [6.45, 7) is 5.69. The highest BCUT2D eigenvalue weighted by Gasteiger charge is 2.12. The third-order valence-electron chi connectivity index (χ3n) is 4.21. The summed E-state index contributed by atoms with van der Waals surface area (Å²) < 4.78 is 0. The minimum absolute atomic E-state index is 0.0617. The van der Waals surface area contributed by atoms with E-state index < -0.39 is 0 Å². The number of fused-ring (bicyclic) bond motifs is 2. The van der Waals surface area contributed by atoms with E-state index in [1.807, 2.05) is 25.2 Å². The minimum atomic E-state index is -0.0617. The van der Waals surface area contributed by atoms with Crippen molar-refractivity contribution < 1.29 is 4.79 Å². The number of aryl methyl sites for hydroxylation is 2. The fourth-order valence-corrected chi connectivity index (χ4v) is 3.08. The molecule has 0 aliphatic carbocycles. The van der Waals surface area contributed by atoms with Crippen molar-refractivity contribution in [1.29, 1.82) is 0 Å². The molecule has 0 fully saturated rings. The molecule has 4 nitrogen and oxygen atoms in total. The van der Waals surface area contributed by atoms with E-state index in [1.54, 1.807) is 0 Å². The van der Waals surface area contributed by atoms with Crippen LogP contribution in [0.2, 0.25) is 0 Å². The van der Waals surface area contributed by atoms with Gasteiger partial charge in [0.1, 0.15) is 0 Å². The van der Waals surface area contributed by atoms with Gasteiger partial charge in [0.15, 0.2) is 0 Å². The Morgan fingerprint density at radius 1 is 1.04 bits per heavy atom. The number of hydrogen-bond donors (Lipinski definition) is 2. The van der Waals surface area contributed by atoms with Crippen molar-refractivity contribution in [1.82, 2.24) is 15.6 Å². The zero-order chi connectivity index (χ0) is 17.1. The topological polar surface area (TPSA) is 54.0 Å². The summed E-state index contributed by atoms with van der Waals surface area (Å²) in [5.74, 6) is -0.0617. The number of hydrogen-bond acceptors (Lipinski definition) is 3. The first-order valence-electron chi connectivity index (χ1n) is 8.33. The first-order valence-corrected chi connectivity index (χ1v) is 8.33. The lowest BCUT2D eigenvalue weighted by Crippen LogP contribution is -2.26. The van der Waals surface area contributed by atoms with Crippen LogP contribution in [-0.2, 0) is 0 Å². The van der Waals surface area contributed by atoms with Crippen LogP contribution in [-0.4, -0.2) is 31.0 Å². The number of amides is 1. The molecule has 0 aliphatic heterocycles. The third kappa shape index (κ3) is 3.24. The highest BCUT2D eigenvalue weighted by atomic mass is 16.1. The summed E-state index contributed by atoms with van der Waals surface area (Å²) in [7, 11) is 1.91. The normalized spacial score (nSPS) is 11.1. The molecule has 0 saturated carbocycles. The number of para-hydroxylation sites is 1. The van der Waals surface area contributed by atoms with E-state index in [4.69, 9.17) is 4.98 Å². The molecule has 24 heavy (non-hydrogen) atoms. The zero-order valence-electron chi connectivity index (χ0n) is 14.4. The average Bonchev–Trinajstić information content (AvgIpc) is 2.56. The summed E-state index contributed by atoms with van der Waals surface area (Å²) in [5.41, 5.74) is 4.72. The molecule has 2 aromatic carbocycles. The third-order valence-corrected chi connectivity index (χ3v) is 4.21. The molecule has 1 aromatic heterocycles. The van der Waals surface area contributed by atoms with E-state index in [-0.39, 0.29) is 5.91 Å². The standard InChI is InChI=1S/C20H23N3O/c1-13-10-14(2)18-16(11-13)12-15-6-4-7-17(19(15)23-18)20(24)22-9-5-8-21-3/h4,6-7,10-12,21H,5,8-9H2,1-3H3,(H,22,24). The van der Waals surface area contributed by atoms with Crippen LogP contribution in [0, 0.1) is 13.8 Å². The molecule has 0 radical (unpaired) electrons. The predicted octanol–water partition coefficient (Wildman–Crippen LogP) is 3.34. The first-order chi connectivity index (χ1) is 11.6. The van der Waals surface area contributed by atoms with Crippen LogP contribution < -0.4 is 10.6 Å². The molecule has 0 aliphatic rings. The van der Waals surface area contributed by atoms with Gasteiger partial charge in [-0.15, -0.1) is 0 Å². The van der Waals surface area contributed by atoms with Crippen LogP contribution in [0.5, 0.6) is 0 Å². The van der Waals surface area contributed by atoms with Crippen LogP contribution in [0.25, 0.3) is 21.8 Å². The Morgan fingerprint density at radius 3 is 2.67 bits per heavy atom. The van der Waals surface area contributed by atoms with Crippen LogP contribution in [0.1, 0.15) is 27.9 Å². The van der Waals surface area contributed by atoms with Crippen molar-refractivity contribution in [3.8, 4) is 0 Å². The van der Waals surface area contributed by atoms with Gasteiger partial charge in [0.05, 0.1) is 16.6 Å². The lowest BCUT2D eigenvalue weighted by atomic mass is 10.0. The zero-order valence-corrected chi connectivity index (χ0v) is 14.4. The lowest BCUT2D eigenvalue weighted by molar-refractivity contribution is 0.0955.